The molecule has 1 aromatic heterocycles. The van der Waals surface area contributed by atoms with Gasteiger partial charge >= 0.3 is 11.9 Å². The Balaban J connectivity index is 1.53. The lowest BCUT2D eigenvalue weighted by atomic mass is 10.1. The zero-order valence-corrected chi connectivity index (χ0v) is 25.1. The van der Waals surface area contributed by atoms with Gasteiger partial charge in [-0.1, -0.05) is 69.7 Å². The maximum Gasteiger partial charge on any atom is 0.340 e. The maximum absolute atomic E-state index is 12.8. The Morgan fingerprint density at radius 2 is 1.71 bits per heavy atom. The fourth-order valence-corrected chi connectivity index (χ4v) is 4.67. The van der Waals surface area contributed by atoms with Gasteiger partial charge in [0.15, 0.2) is 0 Å². The summed E-state index contributed by atoms with van der Waals surface area (Å²) in [6.07, 6.45) is 5.60. The Morgan fingerprint density at radius 3 is 2.45 bits per heavy atom. The number of hydrogen-bond donors (Lipinski definition) is 1. The van der Waals surface area contributed by atoms with Gasteiger partial charge in [-0.05, 0) is 67.1 Å². The Kier molecular flexibility index (Phi) is 10.9. The number of carbonyl (C=O) groups is 2. The van der Waals surface area contributed by atoms with E-state index in [0.29, 0.717) is 35.9 Å². The highest BCUT2D eigenvalue weighted by atomic mass is 16.5. The van der Waals surface area contributed by atoms with Crippen LogP contribution in [0.4, 0.5) is 5.69 Å². The van der Waals surface area contributed by atoms with Crippen molar-refractivity contribution in [3.8, 4) is 5.69 Å². The van der Waals surface area contributed by atoms with Crippen LogP contribution >= 0.6 is 0 Å². The van der Waals surface area contributed by atoms with Crippen LogP contribution in [-0.2, 0) is 29.0 Å². The number of rotatable bonds is 14. The van der Waals surface area contributed by atoms with E-state index >= 15 is 0 Å². The largest absolute Gasteiger partial charge is 0.462 e. The molecule has 0 aliphatic heterocycles. The Labute approximate surface area is 248 Å². The van der Waals surface area contributed by atoms with Crippen molar-refractivity contribution in [2.45, 2.75) is 66.5 Å². The number of aromatic nitrogens is 2. The van der Waals surface area contributed by atoms with E-state index in [2.05, 4.69) is 30.7 Å². The van der Waals surface area contributed by atoms with Crippen molar-refractivity contribution < 1.29 is 19.1 Å². The van der Waals surface area contributed by atoms with E-state index in [1.165, 1.54) is 0 Å². The number of anilines is 1. The van der Waals surface area contributed by atoms with Gasteiger partial charge in [-0.15, -0.1) is 0 Å². The van der Waals surface area contributed by atoms with Gasteiger partial charge in [0.2, 0.25) is 0 Å². The number of aryl methyl sites for hydroxylation is 2. The smallest absolute Gasteiger partial charge is 0.340 e. The normalized spacial score (nSPS) is 11.0. The summed E-state index contributed by atoms with van der Waals surface area (Å²) in [4.78, 5) is 30.4. The van der Waals surface area contributed by atoms with Crippen LogP contribution in [0.3, 0.4) is 0 Å². The molecule has 7 heteroatoms. The molecule has 220 valence electrons. The van der Waals surface area contributed by atoms with Crippen molar-refractivity contribution in [2.24, 2.45) is 5.92 Å². The molecule has 1 N–H and O–H groups in total. The first-order valence-electron chi connectivity index (χ1n) is 14.7. The van der Waals surface area contributed by atoms with Gasteiger partial charge in [0, 0.05) is 12.1 Å². The number of hydrogen-bond acceptors (Lipinski definition) is 6. The van der Waals surface area contributed by atoms with Gasteiger partial charge in [0.25, 0.3) is 0 Å². The summed E-state index contributed by atoms with van der Waals surface area (Å²) in [7, 11) is 0. The second kappa shape index (κ2) is 15.0. The van der Waals surface area contributed by atoms with E-state index < -0.39 is 0 Å². The van der Waals surface area contributed by atoms with Crippen molar-refractivity contribution in [2.75, 3.05) is 11.9 Å². The van der Waals surface area contributed by atoms with Crippen molar-refractivity contribution >= 4 is 17.6 Å². The Morgan fingerprint density at radius 1 is 0.952 bits per heavy atom. The fraction of sp³-hybridized carbons (Fsp3) is 0.343. The number of nitrogens with zero attached hydrogens (tertiary/aromatic N) is 2. The standard InChI is InChI=1S/C35H41N3O4/c1-5-6-16-33-37-23-29(22-36-31-15-11-10-14-30(31)35(40)41-20-19-25(2)3)38(33)32-18-17-28(21-26(32)4)34(39)42-24-27-12-8-7-9-13-27/h7-15,17-18,21,23,25,36H,5-6,16,19-20,22,24H2,1-4H3. The molecule has 4 aromatic rings. The summed E-state index contributed by atoms with van der Waals surface area (Å²) in [5, 5.41) is 3.43. The predicted molar refractivity (Wildman–Crippen MR) is 166 cm³/mol. The molecule has 1 heterocycles. The summed E-state index contributed by atoms with van der Waals surface area (Å²) < 4.78 is 13.2. The van der Waals surface area contributed by atoms with Crippen molar-refractivity contribution in [1.29, 1.82) is 0 Å². The topological polar surface area (TPSA) is 82.5 Å². The molecule has 0 saturated heterocycles. The number of nitrogens with one attached hydrogen (secondary N) is 1. The molecule has 0 aliphatic rings. The maximum atomic E-state index is 12.8. The monoisotopic (exact) mass is 567 g/mol. The van der Waals surface area contributed by atoms with E-state index in [-0.39, 0.29) is 18.5 Å². The van der Waals surface area contributed by atoms with Crippen molar-refractivity contribution in [3.05, 3.63) is 113 Å². The molecule has 0 amide bonds. The van der Waals surface area contributed by atoms with Gasteiger partial charge in [-0.3, -0.25) is 4.57 Å². The first kappa shape index (κ1) is 30.6. The third-order valence-corrected chi connectivity index (χ3v) is 7.08. The number of esters is 2. The second-order valence-electron chi connectivity index (χ2n) is 10.9. The summed E-state index contributed by atoms with van der Waals surface area (Å²) in [6, 6.07) is 22.7. The van der Waals surface area contributed by atoms with Gasteiger partial charge < -0.3 is 14.8 Å². The molecular formula is C35H41N3O4. The SMILES string of the molecule is CCCCc1ncc(CNc2ccccc2C(=O)OCCC(C)C)n1-c1ccc(C(=O)OCc2ccccc2)cc1C. The number of para-hydroxylation sites is 1. The highest BCUT2D eigenvalue weighted by Crippen LogP contribution is 2.24. The summed E-state index contributed by atoms with van der Waals surface area (Å²) in [5.41, 5.74) is 5.52. The summed E-state index contributed by atoms with van der Waals surface area (Å²) in [6.45, 7) is 9.44. The van der Waals surface area contributed by atoms with E-state index in [9.17, 15) is 9.59 Å². The minimum Gasteiger partial charge on any atom is -0.462 e. The van der Waals surface area contributed by atoms with E-state index in [0.717, 1.165) is 54.0 Å². The molecule has 0 aliphatic carbocycles. The predicted octanol–water partition coefficient (Wildman–Crippen LogP) is 7.70. The molecule has 3 aromatic carbocycles. The number of ether oxygens (including phenoxy) is 2. The van der Waals surface area contributed by atoms with Crippen LogP contribution in [0.2, 0.25) is 0 Å². The summed E-state index contributed by atoms with van der Waals surface area (Å²) in [5.74, 6) is 0.731. The second-order valence-corrected chi connectivity index (χ2v) is 10.9. The minimum absolute atomic E-state index is 0.228. The number of imidazole rings is 1. The first-order chi connectivity index (χ1) is 20.4. The highest BCUT2D eigenvalue weighted by Gasteiger charge is 2.18. The lowest BCUT2D eigenvalue weighted by molar-refractivity contribution is 0.0468. The minimum atomic E-state index is -0.357. The number of carbonyl (C=O) groups excluding carboxylic acids is 2. The molecule has 0 unspecified atom stereocenters. The lowest BCUT2D eigenvalue weighted by Crippen LogP contribution is -2.14. The van der Waals surface area contributed by atoms with Crippen LogP contribution in [0.15, 0.2) is 79.0 Å². The van der Waals surface area contributed by atoms with Gasteiger partial charge in [0.05, 0.1) is 41.9 Å². The molecular weight excluding hydrogens is 526 g/mol. The molecule has 7 nitrogen and oxygen atoms in total. The van der Waals surface area contributed by atoms with Crippen LogP contribution in [0.25, 0.3) is 5.69 Å². The zero-order valence-electron chi connectivity index (χ0n) is 25.1. The molecule has 42 heavy (non-hydrogen) atoms. The zero-order chi connectivity index (χ0) is 29.9. The van der Waals surface area contributed by atoms with Crippen molar-refractivity contribution in [3.63, 3.8) is 0 Å². The van der Waals surface area contributed by atoms with Crippen molar-refractivity contribution in [1.82, 2.24) is 9.55 Å². The third kappa shape index (κ3) is 8.09. The number of unbranched alkanes of at least 4 members (excludes halogenated alkanes) is 1. The molecule has 0 atom stereocenters. The number of benzene rings is 3. The average Bonchev–Trinajstić information content (AvgIpc) is 3.40. The first-order valence-corrected chi connectivity index (χ1v) is 14.7. The fourth-order valence-electron chi connectivity index (χ4n) is 4.67. The van der Waals surface area contributed by atoms with Crippen LogP contribution in [0, 0.1) is 12.8 Å². The summed E-state index contributed by atoms with van der Waals surface area (Å²) >= 11 is 0. The average molecular weight is 568 g/mol. The molecule has 0 radical (unpaired) electrons. The quantitative estimate of drug-likeness (QED) is 0.157. The van der Waals surface area contributed by atoms with E-state index in [1.807, 2.05) is 73.8 Å². The van der Waals surface area contributed by atoms with Gasteiger partial charge in [-0.25, -0.2) is 14.6 Å². The van der Waals surface area contributed by atoms with Crippen LogP contribution in [0.1, 0.15) is 83.4 Å². The van der Waals surface area contributed by atoms with E-state index in [1.54, 1.807) is 12.1 Å². The van der Waals surface area contributed by atoms with Crippen LogP contribution in [0.5, 0.6) is 0 Å². The molecule has 0 fully saturated rings. The van der Waals surface area contributed by atoms with Gasteiger partial charge in [-0.2, -0.15) is 0 Å². The Bertz CT molecular complexity index is 1480. The third-order valence-electron chi connectivity index (χ3n) is 7.08. The van der Waals surface area contributed by atoms with Crippen LogP contribution in [-0.4, -0.2) is 28.1 Å². The molecule has 0 spiro atoms. The Hall–Kier alpha value is -4.39. The van der Waals surface area contributed by atoms with Gasteiger partial charge in [0.1, 0.15) is 12.4 Å². The van der Waals surface area contributed by atoms with Crippen LogP contribution < -0.4 is 5.32 Å². The highest BCUT2D eigenvalue weighted by molar-refractivity contribution is 5.95. The molecule has 4 rings (SSSR count). The molecule has 0 saturated carbocycles. The van der Waals surface area contributed by atoms with E-state index in [4.69, 9.17) is 14.5 Å². The lowest BCUT2D eigenvalue weighted by Gasteiger charge is -2.17. The molecule has 0 bridgehead atoms.